The molecule has 1 aromatic carbocycles. The molecule has 6 nitrogen and oxygen atoms in total. The number of hydrogen-bond acceptors (Lipinski definition) is 5. The molecule has 0 unspecified atom stereocenters. The number of benzene rings is 1. The number of fused-ring (bicyclic) bond motifs is 1. The van der Waals surface area contributed by atoms with Crippen LogP contribution >= 0.6 is 24.2 Å². The Kier molecular flexibility index (Phi) is 10.1. The van der Waals surface area contributed by atoms with Crippen LogP contribution in [0.2, 0.25) is 0 Å². The minimum Gasteiger partial charge on any atom is -0.385 e. The second kappa shape index (κ2) is 12.1. The maximum atomic E-state index is 13.5. The molecular weight excluding hydrogens is 434 g/mol. The Balaban J connectivity index is 0.00000341. The Bertz CT molecular complexity index is 756. The summed E-state index contributed by atoms with van der Waals surface area (Å²) in [6.45, 7) is 9.31. The van der Waals surface area contributed by atoms with Crippen LogP contribution in [-0.4, -0.2) is 67.4 Å². The van der Waals surface area contributed by atoms with E-state index in [2.05, 4.69) is 19.2 Å². The van der Waals surface area contributed by atoms with Gasteiger partial charge in [-0.3, -0.25) is 9.59 Å². The number of unbranched alkanes of at least 4 members (excludes halogenated alkanes) is 1. The number of ether oxygens (including phenoxy) is 1. The highest BCUT2D eigenvalue weighted by atomic mass is 35.5. The fourth-order valence-corrected chi connectivity index (χ4v) is 5.37. The van der Waals surface area contributed by atoms with Crippen molar-refractivity contribution < 1.29 is 14.3 Å². The van der Waals surface area contributed by atoms with E-state index in [1.165, 1.54) is 0 Å². The van der Waals surface area contributed by atoms with Crippen molar-refractivity contribution in [3.8, 4) is 0 Å². The van der Waals surface area contributed by atoms with E-state index in [1.807, 2.05) is 34.9 Å². The van der Waals surface area contributed by atoms with Crippen LogP contribution in [0, 0.1) is 0 Å². The van der Waals surface area contributed by atoms with Gasteiger partial charge in [-0.15, -0.1) is 24.2 Å². The summed E-state index contributed by atoms with van der Waals surface area (Å²) in [7, 11) is 1.69. The number of piperidine rings is 1. The molecule has 1 fully saturated rings. The van der Waals surface area contributed by atoms with Gasteiger partial charge in [0.25, 0.3) is 5.91 Å². The maximum absolute atomic E-state index is 13.5. The monoisotopic (exact) mass is 469 g/mol. The summed E-state index contributed by atoms with van der Waals surface area (Å²) in [6.07, 6.45) is 3.90. The number of anilines is 1. The second-order valence-electron chi connectivity index (χ2n) is 8.44. The van der Waals surface area contributed by atoms with Gasteiger partial charge in [-0.2, -0.15) is 0 Å². The van der Waals surface area contributed by atoms with Crippen LogP contribution in [0.1, 0.15) is 56.8 Å². The first-order valence-corrected chi connectivity index (χ1v) is 12.0. The van der Waals surface area contributed by atoms with Crippen molar-refractivity contribution >= 4 is 41.7 Å². The smallest absolute Gasteiger partial charge is 0.254 e. The molecule has 3 rings (SSSR count). The lowest BCUT2D eigenvalue weighted by atomic mass is 10.0. The van der Waals surface area contributed by atoms with Crippen LogP contribution in [0.15, 0.2) is 23.1 Å². The maximum Gasteiger partial charge on any atom is 0.254 e. The topological polar surface area (TPSA) is 61.9 Å². The summed E-state index contributed by atoms with van der Waals surface area (Å²) in [4.78, 5) is 31.3. The van der Waals surface area contributed by atoms with Gasteiger partial charge in [-0.05, 0) is 71.2 Å². The van der Waals surface area contributed by atoms with Crippen molar-refractivity contribution in [1.29, 1.82) is 0 Å². The minimum absolute atomic E-state index is 0. The van der Waals surface area contributed by atoms with Crippen LogP contribution in [0.3, 0.4) is 0 Å². The largest absolute Gasteiger partial charge is 0.385 e. The van der Waals surface area contributed by atoms with Crippen LogP contribution in [0.5, 0.6) is 0 Å². The van der Waals surface area contributed by atoms with E-state index in [9.17, 15) is 9.59 Å². The molecule has 31 heavy (non-hydrogen) atoms. The van der Waals surface area contributed by atoms with E-state index in [0.29, 0.717) is 18.7 Å². The van der Waals surface area contributed by atoms with Gasteiger partial charge in [-0.1, -0.05) is 0 Å². The molecule has 1 N–H and O–H groups in total. The first-order valence-electron chi connectivity index (χ1n) is 11.1. The van der Waals surface area contributed by atoms with Crippen LogP contribution in [0.25, 0.3) is 0 Å². The molecule has 0 aliphatic carbocycles. The van der Waals surface area contributed by atoms with Gasteiger partial charge in [0, 0.05) is 49.3 Å². The third-order valence-electron chi connectivity index (χ3n) is 5.85. The summed E-state index contributed by atoms with van der Waals surface area (Å²) < 4.78 is 5.14. The molecule has 0 spiro atoms. The minimum atomic E-state index is -0.109. The lowest BCUT2D eigenvalue weighted by Gasteiger charge is -2.38. The molecule has 2 aliphatic rings. The van der Waals surface area contributed by atoms with Crippen LogP contribution < -0.4 is 10.2 Å². The van der Waals surface area contributed by atoms with Crippen molar-refractivity contribution in [2.24, 2.45) is 0 Å². The molecular formula is C23H36ClN3O3S. The predicted octanol–water partition coefficient (Wildman–Crippen LogP) is 3.96. The van der Waals surface area contributed by atoms with Crippen LogP contribution in [-0.2, 0) is 9.53 Å². The van der Waals surface area contributed by atoms with E-state index in [0.717, 1.165) is 49.4 Å². The molecule has 2 aliphatic heterocycles. The Hall–Kier alpha value is -1.28. The lowest BCUT2D eigenvalue weighted by molar-refractivity contribution is -0.118. The van der Waals surface area contributed by atoms with Crippen LogP contribution in [0.4, 0.5) is 5.69 Å². The summed E-state index contributed by atoms with van der Waals surface area (Å²) in [6, 6.07) is 6.20. The number of nitrogens with zero attached hydrogens (tertiary/aromatic N) is 2. The second-order valence-corrected chi connectivity index (χ2v) is 9.82. The predicted molar refractivity (Wildman–Crippen MR) is 130 cm³/mol. The zero-order valence-electron chi connectivity index (χ0n) is 19.1. The van der Waals surface area contributed by atoms with Gasteiger partial charge in [0.2, 0.25) is 5.91 Å². The van der Waals surface area contributed by atoms with Gasteiger partial charge in [0.15, 0.2) is 0 Å². The fourth-order valence-electron chi connectivity index (χ4n) is 4.33. The number of nitrogens with one attached hydrogen (secondary N) is 1. The number of rotatable bonds is 8. The lowest BCUT2D eigenvalue weighted by Crippen LogP contribution is -2.51. The molecule has 174 valence electrons. The Morgan fingerprint density at radius 2 is 2.13 bits per heavy atom. The van der Waals surface area contributed by atoms with Gasteiger partial charge >= 0.3 is 0 Å². The fraction of sp³-hybridized carbons (Fsp3) is 0.652. The molecule has 2 amide bonds. The van der Waals surface area contributed by atoms with E-state index in [-0.39, 0.29) is 41.6 Å². The molecule has 2 atom stereocenters. The highest BCUT2D eigenvalue weighted by Crippen LogP contribution is 2.40. The highest BCUT2D eigenvalue weighted by Gasteiger charge is 2.33. The zero-order valence-corrected chi connectivity index (χ0v) is 20.7. The van der Waals surface area contributed by atoms with E-state index in [1.54, 1.807) is 18.9 Å². The number of halogens is 1. The highest BCUT2D eigenvalue weighted by molar-refractivity contribution is 8.01. The van der Waals surface area contributed by atoms with Crippen molar-refractivity contribution in [3.63, 3.8) is 0 Å². The SMILES string of the molecule is COCCCCN1C(=O)[C@@H](C)Sc2ccc(C(=O)N(C(C)C)[C@@H]3CCCNC3)cc21.Cl. The van der Waals surface area contributed by atoms with E-state index < -0.39 is 0 Å². The molecule has 8 heteroatoms. The number of carbonyl (C=O) groups excluding carboxylic acids is 2. The molecule has 0 bridgehead atoms. The molecule has 0 radical (unpaired) electrons. The summed E-state index contributed by atoms with van der Waals surface area (Å²) >= 11 is 1.58. The van der Waals surface area contributed by atoms with E-state index >= 15 is 0 Å². The van der Waals surface area contributed by atoms with E-state index in [4.69, 9.17) is 4.74 Å². The molecule has 0 aromatic heterocycles. The van der Waals surface area contributed by atoms with Crippen molar-refractivity contribution in [1.82, 2.24) is 10.2 Å². The zero-order chi connectivity index (χ0) is 21.7. The van der Waals surface area contributed by atoms with Gasteiger partial charge in [0.05, 0.1) is 10.9 Å². The first-order chi connectivity index (χ1) is 14.4. The number of carbonyl (C=O) groups is 2. The van der Waals surface area contributed by atoms with Gasteiger partial charge in [-0.25, -0.2) is 0 Å². The quantitative estimate of drug-likeness (QED) is 0.584. The van der Waals surface area contributed by atoms with Gasteiger partial charge in [0.1, 0.15) is 0 Å². The normalized spacial score (nSPS) is 20.9. The van der Waals surface area contributed by atoms with Crippen molar-refractivity contribution in [3.05, 3.63) is 23.8 Å². The molecule has 0 saturated carbocycles. The summed E-state index contributed by atoms with van der Waals surface area (Å²) in [5.74, 6) is 0.170. The summed E-state index contributed by atoms with van der Waals surface area (Å²) in [5, 5.41) is 3.31. The van der Waals surface area contributed by atoms with Crippen molar-refractivity contribution in [2.45, 2.75) is 68.7 Å². The number of amides is 2. The standard InChI is InChI=1S/C23H35N3O3S.ClH/c1-16(2)26(19-8-7-11-24-15-19)23(28)18-9-10-21-20(14-18)25(12-5-6-13-29-4)22(27)17(3)30-21;/h9-10,14,16-17,19,24H,5-8,11-13,15H2,1-4H3;1H/t17-,19-;/m1./s1. The molecule has 2 heterocycles. The summed E-state index contributed by atoms with van der Waals surface area (Å²) in [5.41, 5.74) is 1.54. The number of hydrogen-bond donors (Lipinski definition) is 1. The number of methoxy groups -OCH3 is 1. The average molecular weight is 470 g/mol. The Morgan fingerprint density at radius 3 is 2.77 bits per heavy atom. The Labute approximate surface area is 196 Å². The molecule has 1 aromatic rings. The number of thioether (sulfide) groups is 1. The van der Waals surface area contributed by atoms with Crippen molar-refractivity contribution in [2.75, 3.05) is 38.3 Å². The first kappa shape index (κ1) is 26.0. The third kappa shape index (κ3) is 6.15. The third-order valence-corrected chi connectivity index (χ3v) is 7.00. The average Bonchev–Trinajstić information content (AvgIpc) is 2.74. The molecule has 1 saturated heterocycles. The van der Waals surface area contributed by atoms with Gasteiger partial charge < -0.3 is 19.9 Å². The Morgan fingerprint density at radius 1 is 1.35 bits per heavy atom.